The van der Waals surface area contributed by atoms with E-state index in [0.717, 1.165) is 16.7 Å². The molecule has 148 valence electrons. The molecular formula is C21H25N3O4. The molecule has 2 amide bonds. The number of morpholine rings is 1. The Bertz CT molecular complexity index is 855. The van der Waals surface area contributed by atoms with Gasteiger partial charge in [0, 0.05) is 25.4 Å². The fraction of sp³-hybridized carbons (Fsp3) is 0.381. The van der Waals surface area contributed by atoms with Crippen LogP contribution in [0.15, 0.2) is 42.6 Å². The van der Waals surface area contributed by atoms with E-state index in [2.05, 4.69) is 10.3 Å². The normalized spacial score (nSPS) is 19.4. The SMILES string of the molecule is COc1ncccc1CCNC(=O)[C@H]1OCC(=O)N(C)[C@@H]1c1ccccc1C. The Morgan fingerprint density at radius 1 is 1.32 bits per heavy atom. The summed E-state index contributed by atoms with van der Waals surface area (Å²) in [6, 6.07) is 11.0. The number of aromatic nitrogens is 1. The molecule has 2 atom stereocenters. The molecule has 0 saturated carbocycles. The molecule has 0 spiro atoms. The molecule has 0 aliphatic carbocycles. The van der Waals surface area contributed by atoms with Gasteiger partial charge in [0.2, 0.25) is 11.8 Å². The summed E-state index contributed by atoms with van der Waals surface area (Å²) in [7, 11) is 3.28. The lowest BCUT2D eigenvalue weighted by Crippen LogP contribution is -2.53. The maximum atomic E-state index is 12.9. The third-order valence-corrected chi connectivity index (χ3v) is 4.99. The van der Waals surface area contributed by atoms with Crippen molar-refractivity contribution in [1.82, 2.24) is 15.2 Å². The zero-order valence-corrected chi connectivity index (χ0v) is 16.3. The average molecular weight is 383 g/mol. The highest BCUT2D eigenvalue weighted by molar-refractivity contribution is 5.86. The van der Waals surface area contributed by atoms with Gasteiger partial charge in [0.1, 0.15) is 6.61 Å². The molecule has 28 heavy (non-hydrogen) atoms. The van der Waals surface area contributed by atoms with Crippen LogP contribution >= 0.6 is 0 Å². The number of nitrogens with zero attached hydrogens (tertiary/aromatic N) is 2. The Hall–Kier alpha value is -2.93. The van der Waals surface area contributed by atoms with E-state index in [0.29, 0.717) is 18.8 Å². The van der Waals surface area contributed by atoms with E-state index in [1.54, 1.807) is 25.3 Å². The molecule has 0 unspecified atom stereocenters. The minimum Gasteiger partial charge on any atom is -0.481 e. The summed E-state index contributed by atoms with van der Waals surface area (Å²) in [6.45, 7) is 2.28. The van der Waals surface area contributed by atoms with Gasteiger partial charge in [-0.05, 0) is 30.5 Å². The molecule has 2 heterocycles. The second-order valence-corrected chi connectivity index (χ2v) is 6.75. The molecule has 1 fully saturated rings. The predicted molar refractivity (Wildman–Crippen MR) is 104 cm³/mol. The molecule has 1 aromatic carbocycles. The molecule has 1 aliphatic heterocycles. The van der Waals surface area contributed by atoms with E-state index >= 15 is 0 Å². The van der Waals surface area contributed by atoms with Gasteiger partial charge in [0.25, 0.3) is 5.91 Å². The van der Waals surface area contributed by atoms with Gasteiger partial charge in [0.15, 0.2) is 6.10 Å². The molecular weight excluding hydrogens is 358 g/mol. The van der Waals surface area contributed by atoms with E-state index in [-0.39, 0.29) is 18.4 Å². The summed E-state index contributed by atoms with van der Waals surface area (Å²) in [6.07, 6.45) is 1.48. The molecule has 0 bridgehead atoms. The zero-order chi connectivity index (χ0) is 20.1. The summed E-state index contributed by atoms with van der Waals surface area (Å²) in [5, 5.41) is 2.92. The van der Waals surface area contributed by atoms with Crippen molar-refractivity contribution < 1.29 is 19.1 Å². The second kappa shape index (κ2) is 8.84. The zero-order valence-electron chi connectivity index (χ0n) is 16.3. The molecule has 0 radical (unpaired) electrons. The van der Waals surface area contributed by atoms with Crippen molar-refractivity contribution in [2.45, 2.75) is 25.5 Å². The summed E-state index contributed by atoms with van der Waals surface area (Å²) in [5.74, 6) is 0.168. The number of carbonyl (C=O) groups excluding carboxylic acids is 2. The standard InChI is InChI=1S/C21H25N3O4/c1-14-7-4-5-9-16(14)18-19(28-13-17(25)24(18)2)20(26)22-12-10-15-8-6-11-23-21(15)27-3/h4-9,11,18-19H,10,12-13H2,1-3H3,(H,22,26)/t18-,19+/m1/s1. The fourth-order valence-corrected chi connectivity index (χ4v) is 3.44. The van der Waals surface area contributed by atoms with Crippen LogP contribution in [-0.4, -0.2) is 55.1 Å². The van der Waals surface area contributed by atoms with Crippen LogP contribution in [0, 0.1) is 6.92 Å². The first kappa shape index (κ1) is 19.8. The van der Waals surface area contributed by atoms with Crippen molar-refractivity contribution in [3.8, 4) is 5.88 Å². The highest BCUT2D eigenvalue weighted by Crippen LogP contribution is 2.31. The van der Waals surface area contributed by atoms with Crippen LogP contribution in [-0.2, 0) is 20.7 Å². The number of benzene rings is 1. The number of carbonyl (C=O) groups is 2. The molecule has 1 aliphatic rings. The Morgan fingerprint density at radius 3 is 2.86 bits per heavy atom. The van der Waals surface area contributed by atoms with Gasteiger partial charge in [-0.1, -0.05) is 30.3 Å². The van der Waals surface area contributed by atoms with E-state index in [1.807, 2.05) is 43.3 Å². The average Bonchev–Trinajstić information content (AvgIpc) is 2.71. The summed E-state index contributed by atoms with van der Waals surface area (Å²) < 4.78 is 10.9. The van der Waals surface area contributed by atoms with Crippen LogP contribution in [0.3, 0.4) is 0 Å². The number of nitrogens with one attached hydrogen (secondary N) is 1. The smallest absolute Gasteiger partial charge is 0.251 e. The predicted octanol–water partition coefficient (Wildman–Crippen LogP) is 1.66. The van der Waals surface area contributed by atoms with Gasteiger partial charge in [-0.3, -0.25) is 9.59 Å². The van der Waals surface area contributed by atoms with Crippen molar-refractivity contribution in [1.29, 1.82) is 0 Å². The minimum absolute atomic E-state index is 0.104. The number of pyridine rings is 1. The topological polar surface area (TPSA) is 80.8 Å². The van der Waals surface area contributed by atoms with Crippen LogP contribution < -0.4 is 10.1 Å². The van der Waals surface area contributed by atoms with Crippen LogP contribution in [0.5, 0.6) is 5.88 Å². The maximum Gasteiger partial charge on any atom is 0.251 e. The Kier molecular flexibility index (Phi) is 6.26. The van der Waals surface area contributed by atoms with Crippen molar-refractivity contribution >= 4 is 11.8 Å². The number of ether oxygens (including phenoxy) is 2. The number of amides is 2. The van der Waals surface area contributed by atoms with Gasteiger partial charge in [0.05, 0.1) is 13.2 Å². The molecule has 7 heteroatoms. The van der Waals surface area contributed by atoms with Crippen molar-refractivity contribution in [2.24, 2.45) is 0 Å². The Morgan fingerprint density at radius 2 is 2.11 bits per heavy atom. The summed E-state index contributed by atoms with van der Waals surface area (Å²) in [5.41, 5.74) is 2.83. The number of aryl methyl sites for hydroxylation is 1. The van der Waals surface area contributed by atoms with Crippen LogP contribution in [0.4, 0.5) is 0 Å². The molecule has 3 rings (SSSR count). The van der Waals surface area contributed by atoms with Crippen LogP contribution in [0.1, 0.15) is 22.7 Å². The molecule has 7 nitrogen and oxygen atoms in total. The number of hydrogen-bond donors (Lipinski definition) is 1. The van der Waals surface area contributed by atoms with E-state index in [9.17, 15) is 9.59 Å². The van der Waals surface area contributed by atoms with Crippen molar-refractivity contribution in [2.75, 3.05) is 27.3 Å². The van der Waals surface area contributed by atoms with Crippen LogP contribution in [0.25, 0.3) is 0 Å². The number of rotatable bonds is 6. The summed E-state index contributed by atoms with van der Waals surface area (Å²) in [4.78, 5) is 30.8. The highest BCUT2D eigenvalue weighted by atomic mass is 16.5. The second-order valence-electron chi connectivity index (χ2n) is 6.75. The quantitative estimate of drug-likeness (QED) is 0.821. The van der Waals surface area contributed by atoms with Gasteiger partial charge >= 0.3 is 0 Å². The molecule has 1 saturated heterocycles. The van der Waals surface area contributed by atoms with Gasteiger partial charge in [-0.2, -0.15) is 0 Å². The van der Waals surface area contributed by atoms with E-state index in [1.165, 1.54) is 0 Å². The number of methoxy groups -OCH3 is 1. The maximum absolute atomic E-state index is 12.9. The van der Waals surface area contributed by atoms with Crippen molar-refractivity contribution in [3.05, 3.63) is 59.3 Å². The monoisotopic (exact) mass is 383 g/mol. The first-order chi connectivity index (χ1) is 13.5. The molecule has 1 aromatic heterocycles. The third kappa shape index (κ3) is 4.14. The largest absolute Gasteiger partial charge is 0.481 e. The third-order valence-electron chi connectivity index (χ3n) is 4.99. The van der Waals surface area contributed by atoms with E-state index in [4.69, 9.17) is 9.47 Å². The lowest BCUT2D eigenvalue weighted by molar-refractivity contribution is -0.162. The first-order valence-corrected chi connectivity index (χ1v) is 9.21. The van der Waals surface area contributed by atoms with Gasteiger partial charge < -0.3 is 19.7 Å². The first-order valence-electron chi connectivity index (χ1n) is 9.21. The highest BCUT2D eigenvalue weighted by Gasteiger charge is 2.40. The Balaban J connectivity index is 1.72. The number of hydrogen-bond acceptors (Lipinski definition) is 5. The number of likely N-dealkylation sites (N-methyl/N-ethyl adjacent to an activating group) is 1. The lowest BCUT2D eigenvalue weighted by Gasteiger charge is -2.38. The Labute approximate surface area is 164 Å². The van der Waals surface area contributed by atoms with Gasteiger partial charge in [-0.15, -0.1) is 0 Å². The van der Waals surface area contributed by atoms with Gasteiger partial charge in [-0.25, -0.2) is 4.98 Å². The van der Waals surface area contributed by atoms with E-state index < -0.39 is 12.1 Å². The fourth-order valence-electron chi connectivity index (χ4n) is 3.44. The van der Waals surface area contributed by atoms with Crippen molar-refractivity contribution in [3.63, 3.8) is 0 Å². The minimum atomic E-state index is -0.764. The van der Waals surface area contributed by atoms with Crippen LogP contribution in [0.2, 0.25) is 0 Å². The molecule has 2 aromatic rings. The molecule has 1 N–H and O–H groups in total. The lowest BCUT2D eigenvalue weighted by atomic mass is 9.94. The summed E-state index contributed by atoms with van der Waals surface area (Å²) >= 11 is 0.